The van der Waals surface area contributed by atoms with E-state index in [1.54, 1.807) is 0 Å². The van der Waals surface area contributed by atoms with E-state index < -0.39 is 11.9 Å². The maximum atomic E-state index is 10.7. The van der Waals surface area contributed by atoms with Gasteiger partial charge in [0.25, 0.3) is 5.91 Å². The van der Waals surface area contributed by atoms with Gasteiger partial charge in [0, 0.05) is 5.69 Å². The molecule has 1 aromatic rings. The number of rotatable bonds is 2. The number of hydrogen-bond acceptors (Lipinski definition) is 3. The molecule has 0 atom stereocenters. The lowest BCUT2D eigenvalue weighted by molar-refractivity contribution is 0.0697. The van der Waals surface area contributed by atoms with Crippen molar-refractivity contribution in [2.24, 2.45) is 5.73 Å². The number of primary amides is 1. The molecule has 1 amide bonds. The largest absolute Gasteiger partial charge is 0.478 e. The van der Waals surface area contributed by atoms with Crippen LogP contribution in [0.5, 0.6) is 0 Å². The van der Waals surface area contributed by atoms with Gasteiger partial charge in [-0.2, -0.15) is 0 Å². The van der Waals surface area contributed by atoms with E-state index in [4.69, 9.17) is 16.6 Å². The molecule has 0 aliphatic heterocycles. The maximum absolute atomic E-state index is 10.7. The smallest absolute Gasteiger partial charge is 0.335 e. The molecule has 0 saturated heterocycles. The van der Waals surface area contributed by atoms with E-state index in [9.17, 15) is 9.59 Å². The van der Waals surface area contributed by atoms with Gasteiger partial charge in [0.05, 0.1) is 11.1 Å². The summed E-state index contributed by atoms with van der Waals surface area (Å²) in [5.74, 6) is -1.86. The van der Waals surface area contributed by atoms with Crippen LogP contribution in [0.25, 0.3) is 0 Å². The highest BCUT2D eigenvalue weighted by molar-refractivity contribution is 6.00. The predicted molar refractivity (Wildman–Crippen MR) is 46.3 cm³/mol. The van der Waals surface area contributed by atoms with E-state index in [0.29, 0.717) is 0 Å². The maximum Gasteiger partial charge on any atom is 0.335 e. The van der Waals surface area contributed by atoms with Gasteiger partial charge in [-0.3, -0.25) is 4.79 Å². The van der Waals surface area contributed by atoms with Gasteiger partial charge in [-0.05, 0) is 18.2 Å². The van der Waals surface area contributed by atoms with Crippen molar-refractivity contribution in [1.29, 1.82) is 0 Å². The quantitative estimate of drug-likeness (QED) is 0.559. The molecule has 0 unspecified atom stereocenters. The number of aromatic carboxylic acids is 1. The van der Waals surface area contributed by atoms with Gasteiger partial charge in [-0.1, -0.05) is 0 Å². The topological polar surface area (TPSA) is 106 Å². The zero-order valence-corrected chi connectivity index (χ0v) is 6.65. The number of amides is 1. The molecule has 0 aromatic heterocycles. The summed E-state index contributed by atoms with van der Waals surface area (Å²) in [7, 11) is 0. The summed E-state index contributed by atoms with van der Waals surface area (Å²) in [6.45, 7) is 0. The minimum absolute atomic E-state index is 0.0111. The van der Waals surface area contributed by atoms with Crippen molar-refractivity contribution in [3.8, 4) is 0 Å². The molecule has 0 radical (unpaired) electrons. The fourth-order valence-corrected chi connectivity index (χ4v) is 0.903. The number of benzene rings is 1. The van der Waals surface area contributed by atoms with Crippen molar-refractivity contribution in [3.05, 3.63) is 29.3 Å². The van der Waals surface area contributed by atoms with Crippen LogP contribution in [-0.4, -0.2) is 17.0 Å². The average Bonchev–Trinajstić information content (AvgIpc) is 2.04. The van der Waals surface area contributed by atoms with Crippen LogP contribution < -0.4 is 11.5 Å². The molecule has 13 heavy (non-hydrogen) atoms. The van der Waals surface area contributed by atoms with E-state index in [-0.39, 0.29) is 16.8 Å². The Morgan fingerprint density at radius 3 is 2.38 bits per heavy atom. The minimum atomic E-state index is -1.12. The highest BCUT2D eigenvalue weighted by Gasteiger charge is 2.09. The Bertz CT molecular complexity index is 374. The molecule has 5 heteroatoms. The van der Waals surface area contributed by atoms with Crippen LogP contribution >= 0.6 is 0 Å². The normalized spacial score (nSPS) is 9.54. The molecule has 0 heterocycles. The number of hydrogen-bond donors (Lipinski definition) is 3. The Kier molecular flexibility index (Phi) is 2.19. The van der Waals surface area contributed by atoms with Crippen molar-refractivity contribution in [3.63, 3.8) is 0 Å². The molecular formula is C8H8N2O3. The van der Waals surface area contributed by atoms with Crippen LogP contribution in [-0.2, 0) is 0 Å². The lowest BCUT2D eigenvalue weighted by Crippen LogP contribution is -2.14. The number of anilines is 1. The first-order valence-electron chi connectivity index (χ1n) is 3.45. The number of carboxylic acids is 1. The second-order valence-corrected chi connectivity index (χ2v) is 2.47. The minimum Gasteiger partial charge on any atom is -0.478 e. The van der Waals surface area contributed by atoms with Crippen LogP contribution in [0, 0.1) is 0 Å². The Morgan fingerprint density at radius 2 is 1.92 bits per heavy atom. The van der Waals surface area contributed by atoms with Gasteiger partial charge >= 0.3 is 5.97 Å². The first kappa shape index (κ1) is 9.05. The van der Waals surface area contributed by atoms with Gasteiger partial charge < -0.3 is 16.6 Å². The molecule has 1 rings (SSSR count). The predicted octanol–water partition coefficient (Wildman–Crippen LogP) is 0.0659. The summed E-state index contributed by atoms with van der Waals surface area (Å²) < 4.78 is 0. The molecule has 5 N–H and O–H groups in total. The lowest BCUT2D eigenvalue weighted by atomic mass is 10.1. The SMILES string of the molecule is NC(=O)c1cc(C(=O)O)ccc1N. The number of nitrogen functional groups attached to an aromatic ring is 1. The monoisotopic (exact) mass is 180 g/mol. The van der Waals surface area contributed by atoms with Crippen molar-refractivity contribution in [1.82, 2.24) is 0 Å². The Morgan fingerprint density at radius 1 is 1.31 bits per heavy atom. The highest BCUT2D eigenvalue weighted by atomic mass is 16.4. The molecule has 0 bridgehead atoms. The second kappa shape index (κ2) is 3.14. The number of nitrogens with two attached hydrogens (primary N) is 2. The fraction of sp³-hybridized carbons (Fsp3) is 0. The van der Waals surface area contributed by atoms with Gasteiger partial charge in [-0.15, -0.1) is 0 Å². The standard InChI is InChI=1S/C8H8N2O3/c9-6-2-1-4(8(12)13)3-5(6)7(10)11/h1-3H,9H2,(H2,10,11)(H,12,13). The van der Waals surface area contributed by atoms with Crippen LogP contribution in [0.4, 0.5) is 5.69 Å². The van der Waals surface area contributed by atoms with E-state index >= 15 is 0 Å². The third-order valence-corrected chi connectivity index (χ3v) is 1.57. The zero-order valence-electron chi connectivity index (χ0n) is 6.65. The summed E-state index contributed by atoms with van der Waals surface area (Å²) in [5.41, 5.74) is 10.6. The zero-order chi connectivity index (χ0) is 10.0. The van der Waals surface area contributed by atoms with Gasteiger partial charge in [0.15, 0.2) is 0 Å². The molecule has 0 saturated carbocycles. The highest BCUT2D eigenvalue weighted by Crippen LogP contribution is 2.13. The molecule has 68 valence electrons. The summed E-state index contributed by atoms with van der Waals surface area (Å²) >= 11 is 0. The summed E-state index contributed by atoms with van der Waals surface area (Å²) in [6, 6.07) is 3.80. The Labute approximate surface area is 74.0 Å². The Balaban J connectivity index is 3.27. The van der Waals surface area contributed by atoms with Crippen molar-refractivity contribution >= 4 is 17.6 Å². The summed E-state index contributed by atoms with van der Waals surface area (Å²) in [4.78, 5) is 21.2. The van der Waals surface area contributed by atoms with Crippen LogP contribution in [0.2, 0.25) is 0 Å². The van der Waals surface area contributed by atoms with Crippen molar-refractivity contribution in [2.45, 2.75) is 0 Å². The second-order valence-electron chi connectivity index (χ2n) is 2.47. The van der Waals surface area contributed by atoms with E-state index in [0.717, 1.165) is 6.07 Å². The first-order valence-corrected chi connectivity index (χ1v) is 3.45. The van der Waals surface area contributed by atoms with Gasteiger partial charge in [0.2, 0.25) is 0 Å². The molecular weight excluding hydrogens is 172 g/mol. The van der Waals surface area contributed by atoms with Crippen LogP contribution in [0.3, 0.4) is 0 Å². The number of carbonyl (C=O) groups excluding carboxylic acids is 1. The number of carbonyl (C=O) groups is 2. The fourth-order valence-electron chi connectivity index (χ4n) is 0.903. The van der Waals surface area contributed by atoms with Gasteiger partial charge in [0.1, 0.15) is 0 Å². The molecule has 0 aliphatic rings. The van der Waals surface area contributed by atoms with E-state index in [2.05, 4.69) is 0 Å². The van der Waals surface area contributed by atoms with Gasteiger partial charge in [-0.25, -0.2) is 4.79 Å². The Hall–Kier alpha value is -2.04. The van der Waals surface area contributed by atoms with Crippen LogP contribution in [0.1, 0.15) is 20.7 Å². The van der Waals surface area contributed by atoms with E-state index in [1.807, 2.05) is 0 Å². The molecule has 0 aliphatic carbocycles. The number of carboxylic acid groups (broad SMARTS) is 1. The molecule has 0 fully saturated rings. The average molecular weight is 180 g/mol. The third kappa shape index (κ3) is 1.76. The molecule has 1 aromatic carbocycles. The summed E-state index contributed by atoms with van der Waals surface area (Å²) in [6.07, 6.45) is 0. The van der Waals surface area contributed by atoms with Crippen molar-refractivity contribution in [2.75, 3.05) is 5.73 Å². The van der Waals surface area contributed by atoms with Crippen molar-refractivity contribution < 1.29 is 14.7 Å². The first-order chi connectivity index (χ1) is 6.02. The molecule has 5 nitrogen and oxygen atoms in total. The third-order valence-electron chi connectivity index (χ3n) is 1.57. The van der Waals surface area contributed by atoms with E-state index in [1.165, 1.54) is 12.1 Å². The van der Waals surface area contributed by atoms with Crippen LogP contribution in [0.15, 0.2) is 18.2 Å². The lowest BCUT2D eigenvalue weighted by Gasteiger charge is -2.01. The summed E-state index contributed by atoms with van der Waals surface area (Å²) in [5, 5.41) is 8.59. The molecule has 0 spiro atoms.